The summed E-state index contributed by atoms with van der Waals surface area (Å²) in [6, 6.07) is 6.64. The van der Waals surface area contributed by atoms with Gasteiger partial charge in [-0.15, -0.1) is 0 Å². The summed E-state index contributed by atoms with van der Waals surface area (Å²) in [5.41, 5.74) is -0.0176. The molecule has 5 heteroatoms. The zero-order valence-electron chi connectivity index (χ0n) is 11.6. The molecule has 0 aliphatic carbocycles. The summed E-state index contributed by atoms with van der Waals surface area (Å²) in [6.07, 6.45) is 0. The number of ether oxygens (including phenoxy) is 2. The second kappa shape index (κ2) is 6.22. The van der Waals surface area contributed by atoms with Gasteiger partial charge in [0.15, 0.2) is 6.61 Å². The predicted molar refractivity (Wildman–Crippen MR) is 71.2 cm³/mol. The van der Waals surface area contributed by atoms with E-state index in [1.807, 2.05) is 20.8 Å². The molecule has 1 aromatic rings. The SMILES string of the molecule is COC(=O)c1ccccc1OCC(=O)NC(C)(C)C. The quantitative estimate of drug-likeness (QED) is 0.843. The molecule has 0 aliphatic heterocycles. The van der Waals surface area contributed by atoms with Crippen LogP contribution in [0.15, 0.2) is 24.3 Å². The van der Waals surface area contributed by atoms with Gasteiger partial charge >= 0.3 is 5.97 Å². The number of nitrogens with one attached hydrogen (secondary N) is 1. The van der Waals surface area contributed by atoms with Crippen LogP contribution in [-0.4, -0.2) is 31.1 Å². The van der Waals surface area contributed by atoms with E-state index in [4.69, 9.17) is 4.74 Å². The number of methoxy groups -OCH3 is 1. The van der Waals surface area contributed by atoms with E-state index < -0.39 is 5.97 Å². The Labute approximate surface area is 112 Å². The number of hydrogen-bond donors (Lipinski definition) is 1. The van der Waals surface area contributed by atoms with E-state index in [0.29, 0.717) is 11.3 Å². The number of esters is 1. The zero-order chi connectivity index (χ0) is 14.5. The minimum atomic E-state index is -0.494. The van der Waals surface area contributed by atoms with Crippen LogP contribution in [0.4, 0.5) is 0 Å². The molecule has 104 valence electrons. The van der Waals surface area contributed by atoms with Crippen molar-refractivity contribution in [2.24, 2.45) is 0 Å². The molecule has 0 aliphatic rings. The molecule has 0 saturated heterocycles. The maximum Gasteiger partial charge on any atom is 0.341 e. The Balaban J connectivity index is 2.68. The van der Waals surface area contributed by atoms with Crippen LogP contribution in [0.2, 0.25) is 0 Å². The van der Waals surface area contributed by atoms with Crippen molar-refractivity contribution in [3.05, 3.63) is 29.8 Å². The minimum absolute atomic E-state index is 0.148. The summed E-state index contributed by atoms with van der Waals surface area (Å²) in [7, 11) is 1.30. The van der Waals surface area contributed by atoms with Crippen LogP contribution in [0, 0.1) is 0 Å². The lowest BCUT2D eigenvalue weighted by molar-refractivity contribution is -0.124. The van der Waals surface area contributed by atoms with Crippen molar-refractivity contribution in [1.82, 2.24) is 5.32 Å². The molecule has 0 unspecified atom stereocenters. The summed E-state index contributed by atoms with van der Waals surface area (Å²) in [4.78, 5) is 23.1. The first-order valence-electron chi connectivity index (χ1n) is 5.94. The van der Waals surface area contributed by atoms with E-state index in [1.54, 1.807) is 24.3 Å². The van der Waals surface area contributed by atoms with Crippen molar-refractivity contribution in [2.45, 2.75) is 26.3 Å². The van der Waals surface area contributed by atoms with Crippen molar-refractivity contribution in [1.29, 1.82) is 0 Å². The van der Waals surface area contributed by atoms with Gasteiger partial charge < -0.3 is 14.8 Å². The lowest BCUT2D eigenvalue weighted by atomic mass is 10.1. The van der Waals surface area contributed by atoms with E-state index >= 15 is 0 Å². The molecule has 1 amide bonds. The Morgan fingerprint density at radius 2 is 1.84 bits per heavy atom. The number of amides is 1. The average molecular weight is 265 g/mol. The largest absolute Gasteiger partial charge is 0.483 e. The molecular weight excluding hydrogens is 246 g/mol. The van der Waals surface area contributed by atoms with Crippen molar-refractivity contribution >= 4 is 11.9 Å². The van der Waals surface area contributed by atoms with Crippen LogP contribution in [0.25, 0.3) is 0 Å². The Bertz CT molecular complexity index is 463. The molecule has 5 nitrogen and oxygen atoms in total. The normalized spacial score (nSPS) is 10.7. The molecule has 19 heavy (non-hydrogen) atoms. The summed E-state index contributed by atoms with van der Waals surface area (Å²) >= 11 is 0. The van der Waals surface area contributed by atoms with Gasteiger partial charge in [0, 0.05) is 5.54 Å². The van der Waals surface area contributed by atoms with Crippen molar-refractivity contribution in [3.63, 3.8) is 0 Å². The van der Waals surface area contributed by atoms with Gasteiger partial charge in [-0.2, -0.15) is 0 Å². The molecule has 0 bridgehead atoms. The Morgan fingerprint density at radius 3 is 2.42 bits per heavy atom. The standard InChI is InChI=1S/C14H19NO4/c1-14(2,3)15-12(16)9-19-11-8-6-5-7-10(11)13(17)18-4/h5-8H,9H2,1-4H3,(H,15,16). The third kappa shape index (κ3) is 4.99. The second-order valence-corrected chi connectivity index (χ2v) is 5.07. The molecule has 0 spiro atoms. The Hall–Kier alpha value is -2.04. The van der Waals surface area contributed by atoms with Gasteiger partial charge in [-0.25, -0.2) is 4.79 Å². The summed E-state index contributed by atoms with van der Waals surface area (Å²) < 4.78 is 10.00. The first-order chi connectivity index (χ1) is 8.83. The van der Waals surface area contributed by atoms with Crippen LogP contribution in [0.5, 0.6) is 5.75 Å². The highest BCUT2D eigenvalue weighted by Crippen LogP contribution is 2.18. The van der Waals surface area contributed by atoms with Gasteiger partial charge in [-0.1, -0.05) is 12.1 Å². The number of benzene rings is 1. The fraction of sp³-hybridized carbons (Fsp3) is 0.429. The van der Waals surface area contributed by atoms with E-state index in [1.165, 1.54) is 7.11 Å². The van der Waals surface area contributed by atoms with Gasteiger partial charge in [-0.05, 0) is 32.9 Å². The maximum absolute atomic E-state index is 11.6. The molecule has 1 rings (SSSR count). The summed E-state index contributed by atoms with van der Waals surface area (Å²) in [5, 5.41) is 2.77. The predicted octanol–water partition coefficient (Wildman–Crippen LogP) is 1.77. The lowest BCUT2D eigenvalue weighted by Gasteiger charge is -2.20. The third-order valence-corrected chi connectivity index (χ3v) is 2.17. The van der Waals surface area contributed by atoms with Gasteiger partial charge in [-0.3, -0.25) is 4.79 Å². The average Bonchev–Trinajstić information content (AvgIpc) is 2.33. The maximum atomic E-state index is 11.6. The summed E-state index contributed by atoms with van der Waals surface area (Å²) in [6.45, 7) is 5.50. The monoisotopic (exact) mass is 265 g/mol. The molecular formula is C14H19NO4. The smallest absolute Gasteiger partial charge is 0.341 e. The molecule has 0 aromatic heterocycles. The third-order valence-electron chi connectivity index (χ3n) is 2.17. The zero-order valence-corrected chi connectivity index (χ0v) is 11.6. The van der Waals surface area contributed by atoms with Gasteiger partial charge in [0.25, 0.3) is 5.91 Å². The number of carbonyl (C=O) groups is 2. The summed E-state index contributed by atoms with van der Waals surface area (Å²) in [5.74, 6) is -0.405. The Morgan fingerprint density at radius 1 is 1.21 bits per heavy atom. The molecule has 0 atom stereocenters. The first-order valence-corrected chi connectivity index (χ1v) is 5.94. The van der Waals surface area contributed by atoms with Gasteiger partial charge in [0.2, 0.25) is 0 Å². The molecule has 1 N–H and O–H groups in total. The number of para-hydroxylation sites is 1. The highest BCUT2D eigenvalue weighted by atomic mass is 16.5. The van der Waals surface area contributed by atoms with Gasteiger partial charge in [0.1, 0.15) is 11.3 Å². The van der Waals surface area contributed by atoms with E-state index in [9.17, 15) is 9.59 Å². The van der Waals surface area contributed by atoms with Crippen LogP contribution < -0.4 is 10.1 Å². The molecule has 1 aromatic carbocycles. The lowest BCUT2D eigenvalue weighted by Crippen LogP contribution is -2.43. The fourth-order valence-electron chi connectivity index (χ4n) is 1.47. The van der Waals surface area contributed by atoms with Crippen LogP contribution in [0.1, 0.15) is 31.1 Å². The molecule has 0 saturated carbocycles. The van der Waals surface area contributed by atoms with Crippen LogP contribution >= 0.6 is 0 Å². The van der Waals surface area contributed by atoms with Crippen molar-refractivity contribution < 1.29 is 19.1 Å². The van der Waals surface area contributed by atoms with E-state index in [-0.39, 0.29) is 18.1 Å². The van der Waals surface area contributed by atoms with E-state index in [2.05, 4.69) is 10.1 Å². The number of hydrogen-bond acceptors (Lipinski definition) is 4. The first kappa shape index (κ1) is 15.0. The fourth-order valence-corrected chi connectivity index (χ4v) is 1.47. The van der Waals surface area contributed by atoms with Crippen molar-refractivity contribution in [2.75, 3.05) is 13.7 Å². The second-order valence-electron chi connectivity index (χ2n) is 5.07. The topological polar surface area (TPSA) is 64.6 Å². The Kier molecular flexibility index (Phi) is 4.92. The van der Waals surface area contributed by atoms with Crippen molar-refractivity contribution in [3.8, 4) is 5.75 Å². The number of rotatable bonds is 4. The van der Waals surface area contributed by atoms with E-state index in [0.717, 1.165) is 0 Å². The molecule has 0 heterocycles. The van der Waals surface area contributed by atoms with Crippen LogP contribution in [0.3, 0.4) is 0 Å². The van der Waals surface area contributed by atoms with Crippen LogP contribution in [-0.2, 0) is 9.53 Å². The van der Waals surface area contributed by atoms with Gasteiger partial charge in [0.05, 0.1) is 7.11 Å². The highest BCUT2D eigenvalue weighted by Gasteiger charge is 2.16. The highest BCUT2D eigenvalue weighted by molar-refractivity contribution is 5.92. The minimum Gasteiger partial charge on any atom is -0.483 e. The molecule has 0 fully saturated rings. The number of carbonyl (C=O) groups excluding carboxylic acids is 2. The molecule has 0 radical (unpaired) electrons.